The summed E-state index contributed by atoms with van der Waals surface area (Å²) in [5, 5.41) is 0. The molecule has 0 bridgehead atoms. The highest BCUT2D eigenvalue weighted by molar-refractivity contribution is 5.66. The zero-order valence-corrected chi connectivity index (χ0v) is 21.6. The molecule has 4 heteroatoms. The van der Waals surface area contributed by atoms with Crippen molar-refractivity contribution < 1.29 is 19.0 Å². The molecule has 4 aliphatic carbocycles. The summed E-state index contributed by atoms with van der Waals surface area (Å²) in [5.41, 5.74) is 0.496. The first-order chi connectivity index (χ1) is 15.7. The van der Waals surface area contributed by atoms with Crippen LogP contribution in [0.2, 0.25) is 0 Å². The van der Waals surface area contributed by atoms with Gasteiger partial charge in [0.15, 0.2) is 5.79 Å². The normalized spacial score (nSPS) is 57.7. The molecule has 0 amide bonds. The summed E-state index contributed by atoms with van der Waals surface area (Å²) in [4.78, 5) is 12.3. The Hall–Kier alpha value is -0.610. The molecule has 2 heterocycles. The van der Waals surface area contributed by atoms with Crippen molar-refractivity contribution in [2.75, 3.05) is 6.61 Å². The molecule has 3 unspecified atom stereocenters. The van der Waals surface area contributed by atoms with Crippen LogP contribution in [0.1, 0.15) is 98.8 Å². The van der Waals surface area contributed by atoms with E-state index in [0.717, 1.165) is 25.4 Å². The Morgan fingerprint density at radius 2 is 1.79 bits per heavy atom. The topological polar surface area (TPSA) is 44.8 Å². The fourth-order valence-corrected chi connectivity index (χ4v) is 10.7. The maximum absolute atomic E-state index is 12.3. The maximum atomic E-state index is 12.3. The molecule has 33 heavy (non-hydrogen) atoms. The van der Waals surface area contributed by atoms with E-state index >= 15 is 0 Å². The summed E-state index contributed by atoms with van der Waals surface area (Å²) in [7, 11) is 0. The van der Waals surface area contributed by atoms with E-state index in [2.05, 4.69) is 27.7 Å². The molecule has 0 aromatic carbocycles. The highest BCUT2D eigenvalue weighted by atomic mass is 16.7. The van der Waals surface area contributed by atoms with Gasteiger partial charge in [-0.25, -0.2) is 0 Å². The fraction of sp³-hybridized carbons (Fsp3) is 0.966. The molecule has 6 fully saturated rings. The van der Waals surface area contributed by atoms with Crippen molar-refractivity contribution >= 4 is 5.97 Å². The Labute approximate surface area is 200 Å². The number of carbonyl (C=O) groups excluding carboxylic acids is 1. The van der Waals surface area contributed by atoms with Crippen LogP contribution >= 0.6 is 0 Å². The van der Waals surface area contributed by atoms with Gasteiger partial charge < -0.3 is 14.2 Å². The highest BCUT2D eigenvalue weighted by Gasteiger charge is 2.71. The van der Waals surface area contributed by atoms with Crippen LogP contribution in [-0.4, -0.2) is 30.6 Å². The van der Waals surface area contributed by atoms with Crippen LogP contribution < -0.4 is 0 Å². The molecule has 186 valence electrons. The molecule has 0 aromatic heterocycles. The average Bonchev–Trinajstić information content (AvgIpc) is 3.20. The third-order valence-corrected chi connectivity index (χ3v) is 12.1. The minimum atomic E-state index is -0.378. The second-order valence-corrected chi connectivity index (χ2v) is 13.7. The van der Waals surface area contributed by atoms with E-state index in [4.69, 9.17) is 14.2 Å². The third-order valence-electron chi connectivity index (χ3n) is 12.1. The van der Waals surface area contributed by atoms with Gasteiger partial charge in [0.05, 0.1) is 12.7 Å². The van der Waals surface area contributed by atoms with Crippen LogP contribution in [0.25, 0.3) is 0 Å². The first kappa shape index (κ1) is 22.8. The van der Waals surface area contributed by atoms with Gasteiger partial charge in [-0.3, -0.25) is 4.79 Å². The average molecular weight is 459 g/mol. The van der Waals surface area contributed by atoms with Crippen LogP contribution in [0.4, 0.5) is 0 Å². The maximum Gasteiger partial charge on any atom is 0.302 e. The van der Waals surface area contributed by atoms with Gasteiger partial charge in [-0.05, 0) is 85.4 Å². The quantitative estimate of drug-likeness (QED) is 0.429. The second-order valence-electron chi connectivity index (χ2n) is 13.7. The predicted octanol–water partition coefficient (Wildman–Crippen LogP) is 6.36. The number of rotatable bonds is 1. The van der Waals surface area contributed by atoms with Gasteiger partial charge >= 0.3 is 5.97 Å². The molecule has 6 aliphatic rings. The summed E-state index contributed by atoms with van der Waals surface area (Å²) in [5.74, 6) is 3.76. The lowest BCUT2D eigenvalue weighted by Crippen LogP contribution is -2.60. The molecule has 2 saturated heterocycles. The molecule has 0 N–H and O–H groups in total. The van der Waals surface area contributed by atoms with Crippen molar-refractivity contribution in [1.82, 2.24) is 0 Å². The SMILES string of the molecule is CC(=O)OC1C[C@]2(C)[C@@H]3[C@H](C[C@H]2[C@@H]2CCC4CCCC[C@]4(C)[C@@H]12)O[C@]1(CCC(C)CO1)[C@H]3C. The van der Waals surface area contributed by atoms with Gasteiger partial charge in [-0.15, -0.1) is 0 Å². The number of esters is 1. The molecule has 2 aliphatic heterocycles. The van der Waals surface area contributed by atoms with Crippen LogP contribution in [0.5, 0.6) is 0 Å². The van der Waals surface area contributed by atoms with E-state index in [-0.39, 0.29) is 23.3 Å². The lowest BCUT2D eigenvalue weighted by molar-refractivity contribution is -0.274. The minimum absolute atomic E-state index is 0.0643. The van der Waals surface area contributed by atoms with Crippen LogP contribution in [0, 0.1) is 52.3 Å². The number of carbonyl (C=O) groups is 1. The van der Waals surface area contributed by atoms with Gasteiger partial charge in [0.25, 0.3) is 0 Å². The first-order valence-electron chi connectivity index (χ1n) is 14.2. The minimum Gasteiger partial charge on any atom is -0.462 e. The number of hydrogen-bond acceptors (Lipinski definition) is 4. The molecule has 12 atom stereocenters. The molecular formula is C29H46O4. The summed E-state index contributed by atoms with van der Waals surface area (Å²) in [6.07, 6.45) is 12.9. The summed E-state index contributed by atoms with van der Waals surface area (Å²) in [6, 6.07) is 0. The lowest BCUT2D eigenvalue weighted by Gasteiger charge is -2.62. The van der Waals surface area contributed by atoms with Gasteiger partial charge in [-0.2, -0.15) is 0 Å². The largest absolute Gasteiger partial charge is 0.462 e. The van der Waals surface area contributed by atoms with E-state index in [1.54, 1.807) is 6.92 Å². The predicted molar refractivity (Wildman–Crippen MR) is 127 cm³/mol. The Balaban J connectivity index is 1.34. The van der Waals surface area contributed by atoms with Crippen molar-refractivity contribution in [1.29, 1.82) is 0 Å². The number of fused-ring (bicyclic) bond motifs is 7. The van der Waals surface area contributed by atoms with Crippen LogP contribution in [0.3, 0.4) is 0 Å². The molecular weight excluding hydrogens is 412 g/mol. The molecule has 0 radical (unpaired) electrons. The molecule has 6 rings (SSSR count). The Morgan fingerprint density at radius 3 is 2.52 bits per heavy atom. The standard InChI is InChI=1S/C29H46O4/c1-17-11-13-29(31-16-17)18(2)25-23(33-29)14-22-21-10-9-20-8-6-7-12-27(20,4)26(21)24(32-19(3)30)15-28(22,25)5/h17-18,20-26H,6-16H2,1-5H3/t17?,18-,20?,21-,22-,23-,24?,25-,26+,27-,28-,29+/m0/s1. The van der Waals surface area contributed by atoms with Crippen molar-refractivity contribution in [2.45, 2.75) is 117 Å². The van der Waals surface area contributed by atoms with E-state index in [1.165, 1.54) is 51.4 Å². The van der Waals surface area contributed by atoms with Crippen molar-refractivity contribution in [2.24, 2.45) is 52.3 Å². The Kier molecular flexibility index (Phi) is 5.32. The zero-order valence-electron chi connectivity index (χ0n) is 21.6. The van der Waals surface area contributed by atoms with Gasteiger partial charge in [0.1, 0.15) is 6.10 Å². The summed E-state index contributed by atoms with van der Waals surface area (Å²) < 4.78 is 19.7. The zero-order chi connectivity index (χ0) is 23.2. The van der Waals surface area contributed by atoms with Crippen LogP contribution in [-0.2, 0) is 19.0 Å². The van der Waals surface area contributed by atoms with E-state index in [9.17, 15) is 4.79 Å². The lowest BCUT2D eigenvalue weighted by atomic mass is 9.43. The van der Waals surface area contributed by atoms with Crippen molar-refractivity contribution in [3.05, 3.63) is 0 Å². The van der Waals surface area contributed by atoms with E-state index in [0.29, 0.717) is 47.0 Å². The highest BCUT2D eigenvalue weighted by Crippen LogP contribution is 2.71. The van der Waals surface area contributed by atoms with E-state index in [1.807, 2.05) is 0 Å². The molecule has 1 spiro atoms. The number of hydrogen-bond donors (Lipinski definition) is 0. The molecule has 4 nitrogen and oxygen atoms in total. The first-order valence-corrected chi connectivity index (χ1v) is 14.2. The monoisotopic (exact) mass is 458 g/mol. The van der Waals surface area contributed by atoms with Crippen molar-refractivity contribution in [3.63, 3.8) is 0 Å². The third kappa shape index (κ3) is 3.18. The Morgan fingerprint density at radius 1 is 0.970 bits per heavy atom. The molecule has 4 saturated carbocycles. The van der Waals surface area contributed by atoms with Crippen molar-refractivity contribution in [3.8, 4) is 0 Å². The number of ether oxygens (including phenoxy) is 3. The smallest absolute Gasteiger partial charge is 0.302 e. The van der Waals surface area contributed by atoms with Gasteiger partial charge in [0.2, 0.25) is 0 Å². The molecule has 0 aromatic rings. The summed E-state index contributed by atoms with van der Waals surface area (Å²) >= 11 is 0. The van der Waals surface area contributed by atoms with E-state index < -0.39 is 0 Å². The van der Waals surface area contributed by atoms with Gasteiger partial charge in [-0.1, -0.05) is 40.5 Å². The Bertz CT molecular complexity index is 786. The van der Waals surface area contributed by atoms with Crippen LogP contribution in [0.15, 0.2) is 0 Å². The summed E-state index contributed by atoms with van der Waals surface area (Å²) in [6.45, 7) is 12.2. The fourth-order valence-electron chi connectivity index (χ4n) is 10.7. The van der Waals surface area contributed by atoms with Gasteiger partial charge in [0, 0.05) is 25.2 Å². The second kappa shape index (κ2) is 7.69.